The maximum absolute atomic E-state index is 12.3. The Bertz CT molecular complexity index is 658. The molecule has 0 unspecified atom stereocenters. The molecule has 1 heterocycles. The summed E-state index contributed by atoms with van der Waals surface area (Å²) in [4.78, 5) is 12.6. The van der Waals surface area contributed by atoms with Gasteiger partial charge in [0.1, 0.15) is 0 Å². The van der Waals surface area contributed by atoms with Crippen molar-refractivity contribution < 1.29 is 13.2 Å². The molecule has 1 fully saturated rings. The molecule has 1 aliphatic rings. The molecule has 0 spiro atoms. The highest BCUT2D eigenvalue weighted by Gasteiger charge is 2.25. The summed E-state index contributed by atoms with van der Waals surface area (Å²) in [6, 6.07) is 7.12. The molecule has 0 aliphatic carbocycles. The Morgan fingerprint density at radius 3 is 2.70 bits per heavy atom. The fraction of sp³-hybridized carbons (Fsp3) is 0.562. The van der Waals surface area contributed by atoms with Crippen LogP contribution in [-0.2, 0) is 21.4 Å². The van der Waals surface area contributed by atoms with Gasteiger partial charge >= 0.3 is 0 Å². The summed E-state index contributed by atoms with van der Waals surface area (Å²) in [5.41, 5.74) is 0.608. The first-order chi connectivity index (χ1) is 10.8. The summed E-state index contributed by atoms with van der Waals surface area (Å²) in [6.45, 7) is 3.13. The molecule has 1 amide bonds. The third-order valence-corrected chi connectivity index (χ3v) is 6.09. The first-order valence-electron chi connectivity index (χ1n) is 7.84. The maximum Gasteiger partial charge on any atom is 0.242 e. The van der Waals surface area contributed by atoms with Gasteiger partial charge in [-0.1, -0.05) is 18.2 Å². The van der Waals surface area contributed by atoms with E-state index in [1.807, 2.05) is 0 Å². The lowest BCUT2D eigenvalue weighted by atomic mass is 9.92. The van der Waals surface area contributed by atoms with Gasteiger partial charge in [0.05, 0.1) is 4.90 Å². The Morgan fingerprint density at radius 1 is 1.35 bits per heavy atom. The molecule has 23 heavy (non-hydrogen) atoms. The van der Waals surface area contributed by atoms with Crippen LogP contribution in [-0.4, -0.2) is 45.3 Å². The number of piperidine rings is 1. The number of hydrogen-bond acceptors (Lipinski definition) is 4. The minimum absolute atomic E-state index is 0.00426. The monoisotopic (exact) mass is 339 g/mol. The summed E-state index contributed by atoms with van der Waals surface area (Å²) < 4.78 is 25.9. The van der Waals surface area contributed by atoms with Crippen molar-refractivity contribution in [3.05, 3.63) is 29.8 Å². The van der Waals surface area contributed by atoms with Gasteiger partial charge in [-0.2, -0.15) is 0 Å². The van der Waals surface area contributed by atoms with Crippen LogP contribution in [0.3, 0.4) is 0 Å². The SMILES string of the molecule is C[C@H]1C[C@@H](C(=O)NCc2ccccc2S(=O)(=O)N(C)C)CCN1. The fourth-order valence-corrected chi connectivity index (χ4v) is 3.91. The van der Waals surface area contributed by atoms with E-state index in [1.54, 1.807) is 24.3 Å². The highest BCUT2D eigenvalue weighted by Crippen LogP contribution is 2.20. The number of amides is 1. The van der Waals surface area contributed by atoms with E-state index in [-0.39, 0.29) is 23.3 Å². The van der Waals surface area contributed by atoms with E-state index in [0.717, 1.165) is 19.4 Å². The average molecular weight is 339 g/mol. The summed E-state index contributed by atoms with van der Waals surface area (Å²) >= 11 is 0. The van der Waals surface area contributed by atoms with Gasteiger partial charge in [0, 0.05) is 32.6 Å². The van der Waals surface area contributed by atoms with Crippen molar-refractivity contribution in [3.8, 4) is 0 Å². The zero-order valence-electron chi connectivity index (χ0n) is 13.9. The minimum Gasteiger partial charge on any atom is -0.352 e. The molecule has 1 aromatic carbocycles. The van der Waals surface area contributed by atoms with Gasteiger partial charge in [0.15, 0.2) is 0 Å². The van der Waals surface area contributed by atoms with Crippen molar-refractivity contribution in [2.45, 2.75) is 37.2 Å². The van der Waals surface area contributed by atoms with Crippen LogP contribution in [0.4, 0.5) is 0 Å². The minimum atomic E-state index is -3.52. The van der Waals surface area contributed by atoms with Gasteiger partial charge in [-0.15, -0.1) is 0 Å². The molecule has 2 atom stereocenters. The number of benzene rings is 1. The van der Waals surface area contributed by atoms with Crippen molar-refractivity contribution in [2.24, 2.45) is 5.92 Å². The van der Waals surface area contributed by atoms with Gasteiger partial charge in [0.25, 0.3) is 0 Å². The lowest BCUT2D eigenvalue weighted by Gasteiger charge is -2.27. The van der Waals surface area contributed by atoms with Crippen molar-refractivity contribution in [2.75, 3.05) is 20.6 Å². The number of nitrogens with one attached hydrogen (secondary N) is 2. The average Bonchev–Trinajstić information content (AvgIpc) is 2.52. The third-order valence-electron chi connectivity index (χ3n) is 4.18. The Balaban J connectivity index is 2.08. The largest absolute Gasteiger partial charge is 0.352 e. The van der Waals surface area contributed by atoms with Crippen LogP contribution in [0.2, 0.25) is 0 Å². The fourth-order valence-electron chi connectivity index (χ4n) is 2.79. The van der Waals surface area contributed by atoms with Crippen LogP contribution in [0, 0.1) is 5.92 Å². The number of hydrogen-bond donors (Lipinski definition) is 2. The molecule has 128 valence electrons. The quantitative estimate of drug-likeness (QED) is 0.837. The Hall–Kier alpha value is -1.44. The molecular formula is C16H25N3O3S. The van der Waals surface area contributed by atoms with Crippen molar-refractivity contribution in [1.29, 1.82) is 0 Å². The Morgan fingerprint density at radius 2 is 2.04 bits per heavy atom. The molecule has 0 aromatic heterocycles. The molecule has 0 saturated carbocycles. The molecule has 6 nitrogen and oxygen atoms in total. The number of carbonyl (C=O) groups excluding carboxylic acids is 1. The highest BCUT2D eigenvalue weighted by atomic mass is 32.2. The number of sulfonamides is 1. The van der Waals surface area contributed by atoms with Gasteiger partial charge in [0.2, 0.25) is 15.9 Å². The van der Waals surface area contributed by atoms with E-state index < -0.39 is 10.0 Å². The standard InChI is InChI=1S/C16H25N3O3S/c1-12-10-13(8-9-17-12)16(20)18-11-14-6-4-5-7-15(14)23(21,22)19(2)3/h4-7,12-13,17H,8-11H2,1-3H3,(H,18,20)/t12-,13-/m0/s1. The molecule has 7 heteroatoms. The van der Waals surface area contributed by atoms with Crippen LogP contribution < -0.4 is 10.6 Å². The Kier molecular flexibility index (Phi) is 5.78. The van der Waals surface area contributed by atoms with Crippen molar-refractivity contribution in [1.82, 2.24) is 14.9 Å². The van der Waals surface area contributed by atoms with E-state index in [9.17, 15) is 13.2 Å². The Labute approximate surface area is 138 Å². The predicted molar refractivity (Wildman–Crippen MR) is 89.4 cm³/mol. The second-order valence-electron chi connectivity index (χ2n) is 6.19. The van der Waals surface area contributed by atoms with Gasteiger partial charge in [-0.3, -0.25) is 4.79 Å². The van der Waals surface area contributed by atoms with E-state index in [2.05, 4.69) is 17.6 Å². The number of carbonyl (C=O) groups is 1. The third kappa shape index (κ3) is 4.31. The molecule has 2 rings (SSSR count). The second-order valence-corrected chi connectivity index (χ2v) is 8.31. The smallest absolute Gasteiger partial charge is 0.242 e. The van der Waals surface area contributed by atoms with E-state index in [1.165, 1.54) is 18.4 Å². The topological polar surface area (TPSA) is 78.5 Å². The zero-order valence-corrected chi connectivity index (χ0v) is 14.7. The first-order valence-corrected chi connectivity index (χ1v) is 9.28. The van der Waals surface area contributed by atoms with Crippen molar-refractivity contribution in [3.63, 3.8) is 0 Å². The van der Waals surface area contributed by atoms with E-state index in [4.69, 9.17) is 0 Å². The molecular weight excluding hydrogens is 314 g/mol. The van der Waals surface area contributed by atoms with E-state index in [0.29, 0.717) is 11.6 Å². The molecule has 2 N–H and O–H groups in total. The molecule has 0 bridgehead atoms. The highest BCUT2D eigenvalue weighted by molar-refractivity contribution is 7.89. The first kappa shape index (κ1) is 17.9. The normalized spacial score (nSPS) is 22.1. The van der Waals surface area contributed by atoms with Gasteiger partial charge in [-0.05, 0) is 37.9 Å². The van der Waals surface area contributed by atoms with Crippen LogP contribution in [0.1, 0.15) is 25.3 Å². The van der Waals surface area contributed by atoms with Crippen LogP contribution >= 0.6 is 0 Å². The summed E-state index contributed by atoms with van der Waals surface area (Å²) in [6.07, 6.45) is 1.62. The maximum atomic E-state index is 12.3. The number of rotatable bonds is 5. The zero-order chi connectivity index (χ0) is 17.0. The van der Waals surface area contributed by atoms with Crippen LogP contribution in [0.15, 0.2) is 29.2 Å². The second kappa shape index (κ2) is 7.42. The lowest BCUT2D eigenvalue weighted by molar-refractivity contribution is -0.126. The molecule has 1 aromatic rings. The number of nitrogens with zero attached hydrogens (tertiary/aromatic N) is 1. The molecule has 0 radical (unpaired) electrons. The molecule has 1 aliphatic heterocycles. The van der Waals surface area contributed by atoms with Crippen LogP contribution in [0.25, 0.3) is 0 Å². The van der Waals surface area contributed by atoms with Gasteiger partial charge < -0.3 is 10.6 Å². The molecule has 1 saturated heterocycles. The predicted octanol–water partition coefficient (Wildman–Crippen LogP) is 0.941. The van der Waals surface area contributed by atoms with Gasteiger partial charge in [-0.25, -0.2) is 12.7 Å². The summed E-state index contributed by atoms with van der Waals surface area (Å²) in [7, 11) is -0.515. The van der Waals surface area contributed by atoms with E-state index >= 15 is 0 Å². The van der Waals surface area contributed by atoms with Crippen LogP contribution in [0.5, 0.6) is 0 Å². The van der Waals surface area contributed by atoms with Crippen molar-refractivity contribution >= 4 is 15.9 Å². The summed E-state index contributed by atoms with van der Waals surface area (Å²) in [5, 5.41) is 6.21. The lowest BCUT2D eigenvalue weighted by Crippen LogP contribution is -2.42. The summed E-state index contributed by atoms with van der Waals surface area (Å²) in [5.74, 6) is -0.0146.